The smallest absolute Gasteiger partial charge is 0.218 e. The zero-order valence-corrected chi connectivity index (χ0v) is 16.5. The Hall–Kier alpha value is -1.33. The number of aromatic nitrogens is 1. The molecule has 0 unspecified atom stereocenters. The van der Waals surface area contributed by atoms with Gasteiger partial charge in [-0.25, -0.2) is 0 Å². The maximum atomic E-state index is 12.9. The van der Waals surface area contributed by atoms with Crippen LogP contribution in [0.3, 0.4) is 0 Å². The summed E-state index contributed by atoms with van der Waals surface area (Å²) in [4.78, 5) is 15.8. The van der Waals surface area contributed by atoms with E-state index in [0.29, 0.717) is 16.6 Å². The Morgan fingerprint density at radius 2 is 1.64 bits per heavy atom. The van der Waals surface area contributed by atoms with Gasteiger partial charge in [-0.1, -0.05) is 23.2 Å². The lowest BCUT2D eigenvalue weighted by molar-refractivity contribution is -0.999. The van der Waals surface area contributed by atoms with Crippen molar-refractivity contribution in [2.24, 2.45) is 0 Å². The van der Waals surface area contributed by atoms with E-state index < -0.39 is 0 Å². The molecule has 0 amide bonds. The van der Waals surface area contributed by atoms with Gasteiger partial charge < -0.3 is 14.4 Å². The first-order chi connectivity index (χ1) is 11.8. The summed E-state index contributed by atoms with van der Waals surface area (Å²) in [5.41, 5.74) is 3.64. The van der Waals surface area contributed by atoms with Crippen molar-refractivity contribution >= 4 is 29.0 Å². The molecule has 4 nitrogen and oxygen atoms in total. The van der Waals surface area contributed by atoms with Crippen molar-refractivity contribution in [3.63, 3.8) is 0 Å². The normalized spacial score (nSPS) is 20.7. The Morgan fingerprint density at radius 1 is 1.04 bits per heavy atom. The van der Waals surface area contributed by atoms with Gasteiger partial charge in [0.1, 0.15) is 32.7 Å². The molecule has 0 spiro atoms. The zero-order valence-electron chi connectivity index (χ0n) is 15.0. The maximum absolute atomic E-state index is 12.9. The molecule has 2 N–H and O–H groups in total. The number of ketones is 1. The van der Waals surface area contributed by atoms with Crippen molar-refractivity contribution in [3.8, 4) is 5.69 Å². The Kier molecular flexibility index (Phi) is 5.54. The van der Waals surface area contributed by atoms with Gasteiger partial charge >= 0.3 is 0 Å². The summed E-state index contributed by atoms with van der Waals surface area (Å²) in [5, 5.41) is 1.18. The molecule has 1 aliphatic heterocycles. The second-order valence-electron chi connectivity index (χ2n) is 7.05. The molecule has 25 heavy (non-hydrogen) atoms. The number of piperazine rings is 1. The number of halogens is 2. The van der Waals surface area contributed by atoms with E-state index in [9.17, 15) is 4.79 Å². The van der Waals surface area contributed by atoms with E-state index in [1.54, 1.807) is 11.0 Å². The van der Waals surface area contributed by atoms with E-state index in [0.717, 1.165) is 48.8 Å². The van der Waals surface area contributed by atoms with Crippen molar-refractivity contribution < 1.29 is 14.6 Å². The quantitative estimate of drug-likeness (QED) is 0.760. The van der Waals surface area contributed by atoms with Gasteiger partial charge in [0.05, 0.1) is 7.05 Å². The molecule has 1 aliphatic rings. The molecule has 0 saturated carbocycles. The van der Waals surface area contributed by atoms with Crippen LogP contribution in [0.5, 0.6) is 0 Å². The number of nitrogens with one attached hydrogen (secondary N) is 2. The summed E-state index contributed by atoms with van der Waals surface area (Å²) in [6, 6.07) is 7.44. The standard InChI is InChI=1S/C19H23Cl2N3O/c1-13-8-18(19(25)12-23-6-4-22(3)5-7-23)14(2)24(13)17-10-15(20)9-16(21)11-17/h8-11H,4-7,12H2,1-3H3/p+2. The van der Waals surface area contributed by atoms with E-state index >= 15 is 0 Å². The highest BCUT2D eigenvalue weighted by Crippen LogP contribution is 2.26. The largest absolute Gasteiger partial charge is 0.328 e. The average molecular weight is 382 g/mol. The first-order valence-corrected chi connectivity index (χ1v) is 9.44. The van der Waals surface area contributed by atoms with Gasteiger partial charge in [0.2, 0.25) is 5.78 Å². The maximum Gasteiger partial charge on any atom is 0.218 e. The highest BCUT2D eigenvalue weighted by molar-refractivity contribution is 6.34. The fraction of sp³-hybridized carbons (Fsp3) is 0.421. The van der Waals surface area contributed by atoms with Crippen LogP contribution in [0.1, 0.15) is 21.7 Å². The Morgan fingerprint density at radius 3 is 2.24 bits per heavy atom. The summed E-state index contributed by atoms with van der Waals surface area (Å²) in [6.45, 7) is 8.92. The second kappa shape index (κ2) is 7.50. The Balaban J connectivity index is 1.85. The van der Waals surface area contributed by atoms with Crippen LogP contribution in [0.15, 0.2) is 24.3 Å². The molecule has 0 atom stereocenters. The number of hydrogen-bond acceptors (Lipinski definition) is 1. The third kappa shape index (κ3) is 4.09. The average Bonchev–Trinajstić information content (AvgIpc) is 2.83. The van der Waals surface area contributed by atoms with Crippen molar-refractivity contribution in [1.82, 2.24) is 4.57 Å². The molecular formula is C19H25Cl2N3O+2. The Bertz CT molecular complexity index is 772. The van der Waals surface area contributed by atoms with Gasteiger partial charge in [-0.05, 0) is 38.1 Å². The van der Waals surface area contributed by atoms with Crippen molar-refractivity contribution in [1.29, 1.82) is 0 Å². The van der Waals surface area contributed by atoms with Gasteiger partial charge in [0, 0.05) is 32.7 Å². The predicted octanol–water partition coefficient (Wildman–Crippen LogP) is 0.997. The number of likely N-dealkylation sites (N-methyl/N-ethyl adjacent to an activating group) is 1. The molecule has 1 aromatic heterocycles. The number of hydrogen-bond donors (Lipinski definition) is 2. The van der Waals surface area contributed by atoms with Crippen molar-refractivity contribution in [2.45, 2.75) is 13.8 Å². The lowest BCUT2D eigenvalue weighted by Gasteiger charge is -2.26. The number of nitrogens with zero attached hydrogens (tertiary/aromatic N) is 1. The first-order valence-electron chi connectivity index (χ1n) is 8.68. The van der Waals surface area contributed by atoms with Gasteiger partial charge in [0.25, 0.3) is 0 Å². The summed E-state index contributed by atoms with van der Waals surface area (Å²) in [5.74, 6) is 0.210. The minimum Gasteiger partial charge on any atom is -0.328 e. The molecule has 3 rings (SSSR count). The van der Waals surface area contributed by atoms with Crippen molar-refractivity contribution in [2.75, 3.05) is 39.8 Å². The fourth-order valence-electron chi connectivity index (χ4n) is 3.64. The number of Topliss-reactive ketones (excluding diaryl/α,β-unsaturated/α-hetero) is 1. The van der Waals surface area contributed by atoms with Gasteiger partial charge in [-0.3, -0.25) is 4.79 Å². The van der Waals surface area contributed by atoms with Crippen LogP contribution < -0.4 is 9.80 Å². The molecule has 0 bridgehead atoms. The van der Waals surface area contributed by atoms with Crippen LogP contribution in [0, 0.1) is 13.8 Å². The lowest BCUT2D eigenvalue weighted by Crippen LogP contribution is -3.27. The zero-order chi connectivity index (χ0) is 18.1. The van der Waals surface area contributed by atoms with Crippen molar-refractivity contribution in [3.05, 3.63) is 51.3 Å². The third-order valence-electron chi connectivity index (χ3n) is 5.06. The van der Waals surface area contributed by atoms with Gasteiger partial charge in [-0.15, -0.1) is 0 Å². The van der Waals surface area contributed by atoms with Gasteiger partial charge in [0.15, 0.2) is 0 Å². The number of rotatable bonds is 4. The molecule has 1 aromatic carbocycles. The molecule has 2 heterocycles. The van der Waals surface area contributed by atoms with Crippen LogP contribution in [-0.4, -0.2) is 50.1 Å². The second-order valence-corrected chi connectivity index (χ2v) is 7.93. The number of benzene rings is 1. The lowest BCUT2D eigenvalue weighted by atomic mass is 10.1. The monoisotopic (exact) mass is 381 g/mol. The summed E-state index contributed by atoms with van der Waals surface area (Å²) >= 11 is 12.3. The van der Waals surface area contributed by atoms with E-state index in [2.05, 4.69) is 11.6 Å². The highest BCUT2D eigenvalue weighted by Gasteiger charge is 2.25. The topological polar surface area (TPSA) is 30.9 Å². The minimum atomic E-state index is 0.210. The minimum absolute atomic E-state index is 0.210. The molecule has 1 fully saturated rings. The number of carbonyl (C=O) groups is 1. The molecule has 0 aliphatic carbocycles. The molecule has 6 heteroatoms. The van der Waals surface area contributed by atoms with E-state index in [4.69, 9.17) is 23.2 Å². The number of quaternary nitrogens is 2. The summed E-state index contributed by atoms with van der Waals surface area (Å²) < 4.78 is 2.05. The summed E-state index contributed by atoms with van der Waals surface area (Å²) in [7, 11) is 2.21. The first kappa shape index (κ1) is 18.5. The van der Waals surface area contributed by atoms with Crippen LogP contribution in [-0.2, 0) is 0 Å². The summed E-state index contributed by atoms with van der Waals surface area (Å²) in [6.07, 6.45) is 0. The molecular weight excluding hydrogens is 357 g/mol. The van der Waals surface area contributed by atoms with Crippen LogP contribution >= 0.6 is 23.2 Å². The molecule has 2 aromatic rings. The van der Waals surface area contributed by atoms with E-state index in [1.807, 2.05) is 32.0 Å². The Labute approximate surface area is 158 Å². The van der Waals surface area contributed by atoms with Crippen LogP contribution in [0.25, 0.3) is 5.69 Å². The third-order valence-corrected chi connectivity index (χ3v) is 5.49. The fourth-order valence-corrected chi connectivity index (χ4v) is 4.15. The molecule has 0 radical (unpaired) electrons. The van der Waals surface area contributed by atoms with Crippen LogP contribution in [0.2, 0.25) is 10.0 Å². The predicted molar refractivity (Wildman–Crippen MR) is 102 cm³/mol. The molecule has 1 saturated heterocycles. The highest BCUT2D eigenvalue weighted by atomic mass is 35.5. The van der Waals surface area contributed by atoms with Crippen LogP contribution in [0.4, 0.5) is 0 Å². The molecule has 134 valence electrons. The van der Waals surface area contributed by atoms with E-state index in [1.165, 1.54) is 4.90 Å². The number of aryl methyl sites for hydroxylation is 1. The van der Waals surface area contributed by atoms with Gasteiger partial charge in [-0.2, -0.15) is 0 Å². The number of carbonyl (C=O) groups excluding carboxylic acids is 1. The SMILES string of the molecule is Cc1cc(C(=O)C[NH+]2CC[NH+](C)CC2)c(C)n1-c1cc(Cl)cc(Cl)c1. The van der Waals surface area contributed by atoms with E-state index in [-0.39, 0.29) is 5.78 Å².